The first-order chi connectivity index (χ1) is 5.95. The average Bonchev–Trinajstić information content (AvgIpc) is 2.62. The monoisotopic (exact) mass is 178 g/mol. The molecule has 3 rings (SSSR count). The lowest BCUT2D eigenvalue weighted by Crippen LogP contribution is -2.19. The van der Waals surface area contributed by atoms with Crippen LogP contribution in [0.15, 0.2) is 34.3 Å². The Hall–Kier alpha value is -1.16. The highest BCUT2D eigenvalue weighted by molar-refractivity contribution is 8.14. The van der Waals surface area contributed by atoms with Crippen LogP contribution >= 0.6 is 11.8 Å². The van der Waals surface area contributed by atoms with Gasteiger partial charge in [-0.3, -0.25) is 4.90 Å². The van der Waals surface area contributed by atoms with Crippen LogP contribution in [0, 0.1) is 0 Å². The summed E-state index contributed by atoms with van der Waals surface area (Å²) in [5, 5.41) is 4.87. The molecule has 0 bridgehead atoms. The van der Waals surface area contributed by atoms with Gasteiger partial charge < -0.3 is 4.84 Å². The number of rotatable bonds is 0. The average molecular weight is 178 g/mol. The van der Waals surface area contributed by atoms with Gasteiger partial charge in [0.2, 0.25) is 5.17 Å². The number of para-hydroxylation sites is 1. The second-order valence-corrected chi connectivity index (χ2v) is 3.64. The van der Waals surface area contributed by atoms with Crippen molar-refractivity contribution in [2.24, 2.45) is 5.16 Å². The van der Waals surface area contributed by atoms with E-state index in [4.69, 9.17) is 4.84 Å². The normalized spacial score (nSPS) is 18.3. The van der Waals surface area contributed by atoms with Gasteiger partial charge in [-0.15, -0.1) is 0 Å². The maximum atomic E-state index is 4.96. The van der Waals surface area contributed by atoms with Crippen molar-refractivity contribution in [3.05, 3.63) is 24.3 Å². The lowest BCUT2D eigenvalue weighted by atomic mass is 10.3. The second-order valence-electron chi connectivity index (χ2n) is 2.63. The van der Waals surface area contributed by atoms with Gasteiger partial charge in [-0.25, -0.2) is 0 Å². The van der Waals surface area contributed by atoms with Crippen molar-refractivity contribution in [2.45, 2.75) is 4.90 Å². The molecule has 12 heavy (non-hydrogen) atoms. The number of fused-ring (bicyclic) bond motifs is 3. The van der Waals surface area contributed by atoms with Crippen molar-refractivity contribution in [3.8, 4) is 0 Å². The Kier molecular flexibility index (Phi) is 1.15. The fraction of sp³-hybridized carbons (Fsp3) is 0.125. The summed E-state index contributed by atoms with van der Waals surface area (Å²) in [6, 6.07) is 8.25. The summed E-state index contributed by atoms with van der Waals surface area (Å²) in [6.07, 6.45) is 0. The van der Waals surface area contributed by atoms with E-state index in [9.17, 15) is 0 Å². The molecule has 1 aromatic rings. The molecule has 0 saturated carbocycles. The summed E-state index contributed by atoms with van der Waals surface area (Å²) >= 11 is 1.66. The molecule has 0 atom stereocenters. The molecule has 3 nitrogen and oxygen atoms in total. The highest BCUT2D eigenvalue weighted by Crippen LogP contribution is 2.41. The number of thioether (sulfide) groups is 1. The van der Waals surface area contributed by atoms with Crippen molar-refractivity contribution < 1.29 is 4.84 Å². The number of hydrogen-bond donors (Lipinski definition) is 0. The zero-order valence-corrected chi connectivity index (χ0v) is 7.04. The Morgan fingerprint density at radius 3 is 3.33 bits per heavy atom. The lowest BCUT2D eigenvalue weighted by Gasteiger charge is -2.08. The third-order valence-corrected chi connectivity index (χ3v) is 2.96. The maximum absolute atomic E-state index is 4.96. The molecule has 0 aromatic heterocycles. The summed E-state index contributed by atoms with van der Waals surface area (Å²) in [7, 11) is 0. The first-order valence-electron chi connectivity index (χ1n) is 3.69. The Bertz CT molecular complexity index is 364. The molecular weight excluding hydrogens is 172 g/mol. The number of amidine groups is 1. The fourth-order valence-electron chi connectivity index (χ4n) is 1.36. The van der Waals surface area contributed by atoms with Crippen molar-refractivity contribution in [2.75, 3.05) is 11.6 Å². The van der Waals surface area contributed by atoms with Gasteiger partial charge in [-0.1, -0.05) is 17.3 Å². The molecule has 60 valence electrons. The van der Waals surface area contributed by atoms with Gasteiger partial charge in [-0.05, 0) is 23.9 Å². The molecule has 0 radical (unpaired) electrons. The van der Waals surface area contributed by atoms with E-state index >= 15 is 0 Å². The quantitative estimate of drug-likeness (QED) is 0.606. The van der Waals surface area contributed by atoms with Crippen LogP contribution in [-0.2, 0) is 4.84 Å². The Labute approximate surface area is 74.0 Å². The third-order valence-electron chi connectivity index (χ3n) is 1.92. The minimum atomic E-state index is 0.555. The first kappa shape index (κ1) is 6.37. The van der Waals surface area contributed by atoms with Crippen molar-refractivity contribution in [3.63, 3.8) is 0 Å². The molecule has 1 aromatic carbocycles. The van der Waals surface area contributed by atoms with Crippen LogP contribution in [0.1, 0.15) is 0 Å². The minimum absolute atomic E-state index is 0.555. The summed E-state index contributed by atoms with van der Waals surface area (Å²) in [5.41, 5.74) is 1.21. The topological polar surface area (TPSA) is 24.8 Å². The molecule has 0 spiro atoms. The summed E-state index contributed by atoms with van der Waals surface area (Å²) < 4.78 is 0. The fourth-order valence-corrected chi connectivity index (χ4v) is 2.33. The molecule has 2 aliphatic heterocycles. The summed E-state index contributed by atoms with van der Waals surface area (Å²) in [6.45, 7) is 0.555. The lowest BCUT2D eigenvalue weighted by molar-refractivity contribution is 0.174. The van der Waals surface area contributed by atoms with Crippen molar-refractivity contribution in [1.82, 2.24) is 0 Å². The highest BCUT2D eigenvalue weighted by atomic mass is 32.2. The van der Waals surface area contributed by atoms with Crippen LogP contribution < -0.4 is 4.90 Å². The van der Waals surface area contributed by atoms with Gasteiger partial charge in [0, 0.05) is 4.90 Å². The number of benzene rings is 1. The second kappa shape index (κ2) is 2.17. The number of nitrogens with zero attached hydrogens (tertiary/aromatic N) is 2. The summed E-state index contributed by atoms with van der Waals surface area (Å²) in [4.78, 5) is 8.29. The van der Waals surface area contributed by atoms with E-state index in [1.807, 2.05) is 12.1 Å². The van der Waals surface area contributed by atoms with Gasteiger partial charge in [0.05, 0.1) is 5.69 Å². The van der Waals surface area contributed by atoms with Crippen LogP contribution in [0.5, 0.6) is 0 Å². The minimum Gasteiger partial charge on any atom is -0.371 e. The Balaban J connectivity index is 2.17. The largest absolute Gasteiger partial charge is 0.371 e. The molecule has 0 amide bonds. The van der Waals surface area contributed by atoms with E-state index in [-0.39, 0.29) is 0 Å². The summed E-state index contributed by atoms with van der Waals surface area (Å²) in [5.74, 6) is 0. The molecule has 0 unspecified atom stereocenters. The van der Waals surface area contributed by atoms with E-state index < -0.39 is 0 Å². The van der Waals surface area contributed by atoms with E-state index in [2.05, 4.69) is 22.2 Å². The molecule has 0 saturated heterocycles. The first-order valence-corrected chi connectivity index (χ1v) is 4.51. The SMILES string of the molecule is c1ccc2c(c1)SC1=NOCN12. The van der Waals surface area contributed by atoms with Crippen LogP contribution in [-0.4, -0.2) is 11.9 Å². The molecule has 4 heteroatoms. The van der Waals surface area contributed by atoms with E-state index in [0.29, 0.717) is 6.73 Å². The predicted molar refractivity (Wildman–Crippen MR) is 48.2 cm³/mol. The molecular formula is C8H6N2OS. The number of oxime groups is 1. The van der Waals surface area contributed by atoms with Gasteiger partial charge in [0.25, 0.3) is 0 Å². The van der Waals surface area contributed by atoms with Gasteiger partial charge >= 0.3 is 0 Å². The van der Waals surface area contributed by atoms with Crippen LogP contribution in [0.2, 0.25) is 0 Å². The van der Waals surface area contributed by atoms with Crippen LogP contribution in [0.3, 0.4) is 0 Å². The van der Waals surface area contributed by atoms with Crippen LogP contribution in [0.25, 0.3) is 0 Å². The standard InChI is InChI=1S/C8H6N2OS/c1-2-4-7-6(3-1)10-5-11-9-8(10)12-7/h1-4H,5H2. The molecule has 0 fully saturated rings. The molecule has 2 aliphatic rings. The zero-order chi connectivity index (χ0) is 7.97. The molecule has 0 N–H and O–H groups in total. The van der Waals surface area contributed by atoms with Crippen molar-refractivity contribution >= 4 is 22.6 Å². The Morgan fingerprint density at radius 2 is 2.33 bits per heavy atom. The van der Waals surface area contributed by atoms with Gasteiger partial charge in [0.1, 0.15) is 0 Å². The van der Waals surface area contributed by atoms with Gasteiger partial charge in [0.15, 0.2) is 6.73 Å². The third kappa shape index (κ3) is 0.701. The number of anilines is 1. The molecule has 0 aliphatic carbocycles. The van der Waals surface area contributed by atoms with E-state index in [1.54, 1.807) is 11.8 Å². The van der Waals surface area contributed by atoms with Gasteiger partial charge in [-0.2, -0.15) is 0 Å². The smallest absolute Gasteiger partial charge is 0.215 e. The van der Waals surface area contributed by atoms with E-state index in [0.717, 1.165) is 5.17 Å². The zero-order valence-electron chi connectivity index (χ0n) is 6.23. The number of hydrogen-bond acceptors (Lipinski definition) is 4. The maximum Gasteiger partial charge on any atom is 0.215 e. The Morgan fingerprint density at radius 1 is 1.42 bits per heavy atom. The molecule has 2 heterocycles. The predicted octanol–water partition coefficient (Wildman–Crippen LogP) is 1.86. The van der Waals surface area contributed by atoms with E-state index in [1.165, 1.54) is 10.6 Å². The van der Waals surface area contributed by atoms with Crippen molar-refractivity contribution in [1.29, 1.82) is 0 Å². The van der Waals surface area contributed by atoms with Crippen LogP contribution in [0.4, 0.5) is 5.69 Å². The highest BCUT2D eigenvalue weighted by Gasteiger charge is 2.30.